The Morgan fingerprint density at radius 2 is 2.22 bits per heavy atom. The molecule has 0 unspecified atom stereocenters. The third-order valence-corrected chi connectivity index (χ3v) is 5.31. The van der Waals surface area contributed by atoms with Crippen LogP contribution in [-0.4, -0.2) is 67.4 Å². The van der Waals surface area contributed by atoms with Gasteiger partial charge in [0.25, 0.3) is 0 Å². The molecule has 0 aliphatic carbocycles. The lowest BCUT2D eigenvalue weighted by molar-refractivity contribution is 0.140. The lowest BCUT2D eigenvalue weighted by Crippen LogP contribution is -2.21. The number of β-amino-alcohol motifs (C(OH)–C–C–N with tert-alkyl or cyclic N) is 1. The molecule has 0 amide bonds. The third-order valence-electron chi connectivity index (χ3n) is 4.32. The van der Waals surface area contributed by atoms with Gasteiger partial charge in [0.1, 0.15) is 11.8 Å². The number of aromatic amines is 1. The van der Waals surface area contributed by atoms with Crippen molar-refractivity contribution in [3.63, 3.8) is 0 Å². The molecule has 2 aromatic heterocycles. The second-order valence-corrected chi connectivity index (χ2v) is 7.17. The average Bonchev–Trinajstić information content (AvgIpc) is 3.09. The molecule has 1 fully saturated rings. The van der Waals surface area contributed by atoms with E-state index < -0.39 is 0 Å². The van der Waals surface area contributed by atoms with Crippen molar-refractivity contribution in [1.29, 1.82) is 0 Å². The van der Waals surface area contributed by atoms with Crippen molar-refractivity contribution >= 4 is 28.6 Å². The first-order valence-electron chi connectivity index (χ1n) is 7.84. The summed E-state index contributed by atoms with van der Waals surface area (Å²) in [6, 6.07) is 0. The number of hydrogen-bond donors (Lipinski definition) is 4. The maximum Gasteiger partial charge on any atom is 0.151 e. The van der Waals surface area contributed by atoms with Crippen LogP contribution in [0.3, 0.4) is 0 Å². The standard InChI is InChI=1S/C15H23N5O2S/c16-15-14-13(18-9-19-15)11(5-17-14)7-20-6-10(12(22)8-20)1-3-23-4-2-21/h5,9-10,12,17,21-22H,1-4,6-8H2,(H2,16,18,19)/t10-,12-/m0/s1. The number of hydrogen-bond acceptors (Lipinski definition) is 7. The molecule has 1 aliphatic rings. The number of likely N-dealkylation sites (tertiary alicyclic amines) is 1. The number of aromatic nitrogens is 3. The first-order chi connectivity index (χ1) is 11.2. The minimum atomic E-state index is -0.283. The zero-order valence-corrected chi connectivity index (χ0v) is 13.8. The Labute approximate surface area is 139 Å². The van der Waals surface area contributed by atoms with Crippen LogP contribution in [0.4, 0.5) is 5.82 Å². The highest BCUT2D eigenvalue weighted by Gasteiger charge is 2.31. The van der Waals surface area contributed by atoms with Crippen LogP contribution in [-0.2, 0) is 6.54 Å². The highest BCUT2D eigenvalue weighted by molar-refractivity contribution is 7.99. The molecule has 0 saturated carbocycles. The smallest absolute Gasteiger partial charge is 0.151 e. The van der Waals surface area contributed by atoms with Gasteiger partial charge in [-0.15, -0.1) is 0 Å². The molecule has 7 nitrogen and oxygen atoms in total. The lowest BCUT2D eigenvalue weighted by atomic mass is 10.0. The minimum absolute atomic E-state index is 0.218. The van der Waals surface area contributed by atoms with E-state index in [1.165, 1.54) is 6.33 Å². The van der Waals surface area contributed by atoms with Gasteiger partial charge in [-0.05, 0) is 18.1 Å². The number of nitrogens with two attached hydrogens (primary N) is 1. The van der Waals surface area contributed by atoms with Crippen LogP contribution in [0.1, 0.15) is 12.0 Å². The summed E-state index contributed by atoms with van der Waals surface area (Å²) in [6.07, 6.45) is 4.10. The number of aliphatic hydroxyl groups excluding tert-OH is 2. The van der Waals surface area contributed by atoms with Crippen LogP contribution >= 0.6 is 11.8 Å². The molecule has 8 heteroatoms. The Balaban J connectivity index is 1.59. The zero-order chi connectivity index (χ0) is 16.2. The monoisotopic (exact) mass is 337 g/mol. The molecule has 2 aromatic rings. The summed E-state index contributed by atoms with van der Waals surface area (Å²) in [5.74, 6) is 2.50. The number of nitrogens with one attached hydrogen (secondary N) is 1. The summed E-state index contributed by atoms with van der Waals surface area (Å²) in [5.41, 5.74) is 8.56. The molecule has 0 bridgehead atoms. The van der Waals surface area contributed by atoms with Gasteiger partial charge in [0.15, 0.2) is 5.82 Å². The predicted octanol–water partition coefficient (Wildman–Crippen LogP) is 0.448. The number of anilines is 1. The molecular formula is C15H23N5O2S. The van der Waals surface area contributed by atoms with Crippen molar-refractivity contribution in [3.05, 3.63) is 18.1 Å². The Morgan fingerprint density at radius 3 is 3.04 bits per heavy atom. The zero-order valence-electron chi connectivity index (χ0n) is 13.0. The highest BCUT2D eigenvalue weighted by Crippen LogP contribution is 2.26. The minimum Gasteiger partial charge on any atom is -0.396 e. The van der Waals surface area contributed by atoms with Crippen LogP contribution in [0.25, 0.3) is 11.0 Å². The van der Waals surface area contributed by atoms with E-state index >= 15 is 0 Å². The van der Waals surface area contributed by atoms with E-state index in [1.807, 2.05) is 6.20 Å². The summed E-state index contributed by atoms with van der Waals surface area (Å²) in [5, 5.41) is 19.0. The van der Waals surface area contributed by atoms with Gasteiger partial charge in [0.05, 0.1) is 18.2 Å². The number of nitrogen functional groups attached to an aromatic ring is 1. The number of rotatable bonds is 7. The summed E-state index contributed by atoms with van der Waals surface area (Å²) in [7, 11) is 0. The number of fused-ring (bicyclic) bond motifs is 1. The molecule has 23 heavy (non-hydrogen) atoms. The van der Waals surface area contributed by atoms with Gasteiger partial charge >= 0.3 is 0 Å². The van der Waals surface area contributed by atoms with Crippen molar-refractivity contribution in [1.82, 2.24) is 19.9 Å². The highest BCUT2D eigenvalue weighted by atomic mass is 32.2. The van der Waals surface area contributed by atoms with Gasteiger partial charge in [-0.2, -0.15) is 11.8 Å². The molecule has 2 atom stereocenters. The molecule has 0 spiro atoms. The van der Waals surface area contributed by atoms with Crippen LogP contribution in [0.15, 0.2) is 12.5 Å². The number of nitrogens with zero attached hydrogens (tertiary/aromatic N) is 3. The predicted molar refractivity (Wildman–Crippen MR) is 92.1 cm³/mol. The van der Waals surface area contributed by atoms with Crippen LogP contribution in [0, 0.1) is 5.92 Å². The van der Waals surface area contributed by atoms with Gasteiger partial charge in [0, 0.05) is 37.1 Å². The van der Waals surface area contributed by atoms with Crippen LogP contribution in [0.5, 0.6) is 0 Å². The van der Waals surface area contributed by atoms with E-state index in [9.17, 15) is 5.11 Å². The van der Waals surface area contributed by atoms with E-state index in [4.69, 9.17) is 10.8 Å². The maximum absolute atomic E-state index is 10.2. The summed E-state index contributed by atoms with van der Waals surface area (Å²) in [6.45, 7) is 2.53. The first-order valence-corrected chi connectivity index (χ1v) is 9.00. The molecule has 3 rings (SSSR count). The van der Waals surface area contributed by atoms with Crippen molar-refractivity contribution in [2.75, 3.05) is 36.9 Å². The third kappa shape index (κ3) is 3.77. The van der Waals surface area contributed by atoms with E-state index in [2.05, 4.69) is 19.9 Å². The molecule has 1 saturated heterocycles. The maximum atomic E-state index is 10.2. The Morgan fingerprint density at radius 1 is 1.35 bits per heavy atom. The van der Waals surface area contributed by atoms with Gasteiger partial charge < -0.3 is 20.9 Å². The van der Waals surface area contributed by atoms with Gasteiger partial charge in [-0.3, -0.25) is 4.90 Å². The Bertz CT molecular complexity index is 650. The SMILES string of the molecule is Nc1ncnc2c(CN3C[C@H](CCSCCO)[C@@H](O)C3)c[nH]c12. The van der Waals surface area contributed by atoms with Gasteiger partial charge in [-0.1, -0.05) is 0 Å². The molecule has 126 valence electrons. The van der Waals surface area contributed by atoms with E-state index in [0.29, 0.717) is 18.3 Å². The summed E-state index contributed by atoms with van der Waals surface area (Å²) < 4.78 is 0. The van der Waals surface area contributed by atoms with Gasteiger partial charge in [-0.25, -0.2) is 9.97 Å². The summed E-state index contributed by atoms with van der Waals surface area (Å²) >= 11 is 1.74. The van der Waals surface area contributed by atoms with Crippen LogP contribution in [0.2, 0.25) is 0 Å². The van der Waals surface area contributed by atoms with Crippen molar-refractivity contribution in [2.24, 2.45) is 5.92 Å². The first kappa shape index (κ1) is 16.5. The largest absolute Gasteiger partial charge is 0.396 e. The van der Waals surface area contributed by atoms with Crippen molar-refractivity contribution < 1.29 is 10.2 Å². The van der Waals surface area contributed by atoms with Gasteiger partial charge in [0.2, 0.25) is 0 Å². The van der Waals surface area contributed by atoms with Crippen molar-refractivity contribution in [2.45, 2.75) is 19.1 Å². The quantitative estimate of drug-likeness (QED) is 0.543. The Kier molecular flexibility index (Phi) is 5.37. The topological polar surface area (TPSA) is 111 Å². The molecule has 5 N–H and O–H groups in total. The van der Waals surface area contributed by atoms with Crippen molar-refractivity contribution in [3.8, 4) is 0 Å². The number of H-pyrrole nitrogens is 1. The second-order valence-electron chi connectivity index (χ2n) is 5.94. The fourth-order valence-corrected chi connectivity index (χ4v) is 3.93. The number of thioether (sulfide) groups is 1. The number of aliphatic hydroxyl groups is 2. The fraction of sp³-hybridized carbons (Fsp3) is 0.600. The molecule has 1 aliphatic heterocycles. The second kappa shape index (κ2) is 7.48. The van der Waals surface area contributed by atoms with E-state index in [0.717, 1.165) is 47.6 Å². The van der Waals surface area contributed by atoms with E-state index in [1.54, 1.807) is 11.8 Å². The molecule has 0 aromatic carbocycles. The lowest BCUT2D eigenvalue weighted by Gasteiger charge is -2.14. The fourth-order valence-electron chi connectivity index (χ4n) is 3.13. The Hall–Kier alpha value is -1.35. The summed E-state index contributed by atoms with van der Waals surface area (Å²) in [4.78, 5) is 13.7. The van der Waals surface area contributed by atoms with Crippen LogP contribution < -0.4 is 5.73 Å². The molecule has 0 radical (unpaired) electrons. The average molecular weight is 337 g/mol. The normalized spacial score (nSPS) is 22.2. The van der Waals surface area contributed by atoms with E-state index in [-0.39, 0.29) is 12.7 Å². The molecular weight excluding hydrogens is 314 g/mol. The molecule has 3 heterocycles.